The van der Waals surface area contributed by atoms with Crippen molar-refractivity contribution in [3.05, 3.63) is 293 Å². The molecule has 0 saturated heterocycles. The molecule has 17 heteroatoms. The van der Waals surface area contributed by atoms with Crippen molar-refractivity contribution >= 4 is 0 Å². The highest BCUT2D eigenvalue weighted by Gasteiger charge is 2.43. The quantitative estimate of drug-likeness (QED) is 0.0575. The fraction of sp³-hybridized carbons (Fsp3) is 0.368. The number of fused-ring (bicyclic) bond motifs is 12. The zero-order valence-electron chi connectivity index (χ0n) is 77.0. The van der Waals surface area contributed by atoms with Gasteiger partial charge in [-0.3, -0.25) is 29.4 Å². The maximum atomic E-state index is 14.1. The summed E-state index contributed by atoms with van der Waals surface area (Å²) in [7, 11) is 2.16. The van der Waals surface area contributed by atoms with Gasteiger partial charge in [-0.1, -0.05) is 173 Å². The second-order valence-corrected chi connectivity index (χ2v) is 38.4. The van der Waals surface area contributed by atoms with Crippen LogP contribution in [0, 0.1) is 19.7 Å². The Morgan fingerprint density at radius 1 is 0.252 bits per heavy atom. The Hall–Kier alpha value is -11.7. The van der Waals surface area contributed by atoms with E-state index in [9.17, 15) is 55.5 Å². The standard InChI is InChI=1S/C20H23NO2.C20H23NO.C19H20FNO2.C19H21NO2.C19H21NO.C17H17NO2/c1-3-7-21-8-6-14-9-12(2)10-15-18(14)16(21)11-13-4-5-17(22)20(23)19(13)15;1-3-8-21-9-7-15-10-13(2)11-16-19(15)17(21)12-14-5-4-6-18(22)20(14)16;1-2-6-21-7-5-12-8-13(20)10-14-17(12)15(21)9-11-3-4-16(22)19(23)18(11)14;1-2-9-20-10-8-12-4-3-5-14-17(12)15(20)11-13-6-7-16(21)19(22)18(13)14;1-2-10-20-11-9-13-5-3-7-15-18(13)16(20)12-14-6-4-8-17(21)19(14)15;1-18-8-7-10-3-2-4-12-15(10)13(18)9-11-5-6-14(19)17(20)16(11)12/h4-5,9-10,16,22-23H,3,6-8,11H2,1-2H3;4-6,10-11,17,22H,3,7-9,12H2,1-2H3;3-4,8,10,15,22-23H,2,5-7,9H2,1H3;3-7,15,21-22H,2,8-11H2,1H3;3-8,16,21H,2,9-12H2,1H3;2-6,13,19-20H,7-9H2,1H3/t16-;17-;2*15-;16-;13-/m111111/s1. The van der Waals surface area contributed by atoms with Crippen molar-refractivity contribution in [1.82, 2.24) is 29.4 Å². The minimum Gasteiger partial charge on any atom is -0.507 e. The summed E-state index contributed by atoms with van der Waals surface area (Å²) in [5.41, 5.74) is 37.4. The third-order valence-corrected chi connectivity index (χ3v) is 30.3. The van der Waals surface area contributed by atoms with Crippen LogP contribution in [-0.2, 0) is 77.0 Å². The zero-order chi connectivity index (χ0) is 91.1. The number of aryl methyl sites for hydroxylation is 2. The number of benzene rings is 12. The van der Waals surface area contributed by atoms with Crippen LogP contribution in [0.1, 0.15) is 214 Å². The van der Waals surface area contributed by atoms with Crippen LogP contribution in [-0.4, -0.2) is 160 Å². The molecule has 6 atom stereocenters. The normalized spacial score (nSPS) is 19.7. The van der Waals surface area contributed by atoms with Crippen molar-refractivity contribution in [3.63, 3.8) is 0 Å². The van der Waals surface area contributed by atoms with Crippen LogP contribution in [0.15, 0.2) is 176 Å². The third kappa shape index (κ3) is 16.1. The molecule has 0 unspecified atom stereocenters. The smallest absolute Gasteiger partial charge is 0.165 e. The lowest BCUT2D eigenvalue weighted by Crippen LogP contribution is -2.39. The summed E-state index contributed by atoms with van der Waals surface area (Å²) >= 11 is 0. The number of phenols is 10. The van der Waals surface area contributed by atoms with Crippen LogP contribution in [0.4, 0.5) is 4.39 Å². The van der Waals surface area contributed by atoms with Gasteiger partial charge in [0.2, 0.25) is 0 Å². The SMILES string of the molecule is CCCN1CCc2cc(C)cc3c2[C@H]1Cc1ccc(O)c(O)c1-3.CCCN1CCc2cc(C)cc3c2[C@H]1Cc1cccc(O)c1-3.CCCN1CCc2cc(F)cc3c2[C@H]1Cc1ccc(O)c(O)c1-3.CCCN1CCc2cccc3c2[C@H]1Cc1ccc(O)c(O)c1-3.CCCN1CCc2cccc3c2[C@H]1Cc1cccc(O)c1-3.CN1CCc2cccc3c2[C@H]1Cc1ccc(O)c(O)c1-3. The molecule has 0 bridgehead atoms. The summed E-state index contributed by atoms with van der Waals surface area (Å²) in [5, 5.41) is 102. The topological polar surface area (TPSA) is 222 Å². The van der Waals surface area contributed by atoms with Gasteiger partial charge >= 0.3 is 0 Å². The first-order valence-electron chi connectivity index (χ1n) is 48.2. The Morgan fingerprint density at radius 2 is 0.504 bits per heavy atom. The summed E-state index contributed by atoms with van der Waals surface area (Å²) in [6.45, 7) is 27.5. The highest BCUT2D eigenvalue weighted by Crippen LogP contribution is 2.58. The molecule has 678 valence electrons. The molecule has 16 nitrogen and oxygen atoms in total. The van der Waals surface area contributed by atoms with E-state index in [2.05, 4.69) is 176 Å². The molecule has 6 aliphatic carbocycles. The van der Waals surface area contributed by atoms with Crippen LogP contribution in [0.5, 0.6) is 57.5 Å². The van der Waals surface area contributed by atoms with E-state index in [0.717, 1.165) is 252 Å². The van der Waals surface area contributed by atoms with Crippen LogP contribution < -0.4 is 0 Å². The molecule has 131 heavy (non-hydrogen) atoms. The molecule has 12 aromatic rings. The van der Waals surface area contributed by atoms with Crippen molar-refractivity contribution in [1.29, 1.82) is 0 Å². The van der Waals surface area contributed by atoms with E-state index >= 15 is 0 Å². The molecule has 0 fully saturated rings. The highest BCUT2D eigenvalue weighted by atomic mass is 19.1. The Labute approximate surface area is 770 Å². The average Bonchev–Trinajstić information content (AvgIpc) is 0.750. The maximum absolute atomic E-state index is 14.1. The molecule has 0 spiro atoms. The fourth-order valence-electron chi connectivity index (χ4n) is 24.8. The largest absolute Gasteiger partial charge is 0.507 e. The Morgan fingerprint density at radius 3 is 0.855 bits per heavy atom. The van der Waals surface area contributed by atoms with Gasteiger partial charge in [-0.25, -0.2) is 4.39 Å². The molecule has 0 amide bonds. The van der Waals surface area contributed by atoms with Crippen LogP contribution in [0.25, 0.3) is 66.8 Å². The minimum absolute atomic E-state index is 0.0163. The van der Waals surface area contributed by atoms with Gasteiger partial charge in [-0.05, 0) is 345 Å². The van der Waals surface area contributed by atoms with E-state index in [1.807, 2.05) is 48.5 Å². The lowest BCUT2D eigenvalue weighted by molar-refractivity contribution is 0.182. The monoisotopic (exact) mass is 1760 g/mol. The lowest BCUT2D eigenvalue weighted by atomic mass is 9.76. The molecule has 12 aliphatic rings. The van der Waals surface area contributed by atoms with E-state index < -0.39 is 0 Å². The molecule has 24 rings (SSSR count). The number of rotatable bonds is 10. The Balaban J connectivity index is 0.000000102. The number of likely N-dealkylation sites (N-methyl/N-ethyl adjacent to an activating group) is 1. The minimum atomic E-state index is -0.281. The van der Waals surface area contributed by atoms with Gasteiger partial charge < -0.3 is 51.1 Å². The van der Waals surface area contributed by atoms with Crippen LogP contribution >= 0.6 is 0 Å². The average molecular weight is 1760 g/mol. The Kier molecular flexibility index (Phi) is 24.9. The molecular weight excluding hydrogens is 1630 g/mol. The molecule has 6 aliphatic heterocycles. The third-order valence-electron chi connectivity index (χ3n) is 30.3. The second kappa shape index (κ2) is 36.8. The predicted molar refractivity (Wildman–Crippen MR) is 520 cm³/mol. The van der Waals surface area contributed by atoms with Crippen molar-refractivity contribution in [2.24, 2.45) is 0 Å². The van der Waals surface area contributed by atoms with E-state index in [0.29, 0.717) is 47.3 Å². The number of aromatic hydroxyl groups is 10. The van der Waals surface area contributed by atoms with E-state index in [4.69, 9.17) is 0 Å². The highest BCUT2D eigenvalue weighted by molar-refractivity contribution is 5.88. The summed E-state index contributed by atoms with van der Waals surface area (Å²) in [5.74, 6) is 0.253. The van der Waals surface area contributed by atoms with Gasteiger partial charge in [-0.2, -0.15) is 0 Å². The van der Waals surface area contributed by atoms with Crippen LogP contribution in [0.3, 0.4) is 0 Å². The molecule has 0 saturated carbocycles. The van der Waals surface area contributed by atoms with Crippen molar-refractivity contribution < 1.29 is 55.5 Å². The fourth-order valence-corrected chi connectivity index (χ4v) is 24.8. The summed E-state index contributed by atoms with van der Waals surface area (Å²) in [6, 6.07) is 59.7. The molecule has 10 N–H and O–H groups in total. The van der Waals surface area contributed by atoms with E-state index in [1.54, 1.807) is 24.3 Å². The van der Waals surface area contributed by atoms with Crippen LogP contribution in [0.2, 0.25) is 0 Å². The summed E-state index contributed by atoms with van der Waals surface area (Å²) in [6.07, 6.45) is 17.6. The van der Waals surface area contributed by atoms with Gasteiger partial charge in [0.25, 0.3) is 0 Å². The number of hydrogen-bond donors (Lipinski definition) is 10. The number of nitrogens with zero attached hydrogens (tertiary/aromatic N) is 6. The first kappa shape index (κ1) is 88.6. The first-order chi connectivity index (χ1) is 63.5. The van der Waals surface area contributed by atoms with Gasteiger partial charge in [0, 0.05) is 109 Å². The van der Waals surface area contributed by atoms with Crippen molar-refractivity contribution in [2.75, 3.05) is 79.0 Å². The van der Waals surface area contributed by atoms with Gasteiger partial charge in [0.1, 0.15) is 17.3 Å². The summed E-state index contributed by atoms with van der Waals surface area (Å²) < 4.78 is 14.1. The van der Waals surface area contributed by atoms with Gasteiger partial charge in [0.05, 0.1) is 0 Å². The molecular formula is C114H125FN6O10. The van der Waals surface area contributed by atoms with Gasteiger partial charge in [0.15, 0.2) is 46.0 Å². The molecule has 6 heterocycles. The molecule has 0 radical (unpaired) electrons. The van der Waals surface area contributed by atoms with Crippen molar-refractivity contribution in [3.8, 4) is 124 Å². The van der Waals surface area contributed by atoms with E-state index in [1.165, 1.54) is 114 Å². The Bertz CT molecular complexity index is 6290. The summed E-state index contributed by atoms with van der Waals surface area (Å²) in [4.78, 5) is 15.2. The first-order valence-corrected chi connectivity index (χ1v) is 48.2. The van der Waals surface area contributed by atoms with E-state index in [-0.39, 0.29) is 57.9 Å². The maximum Gasteiger partial charge on any atom is 0.165 e. The second-order valence-electron chi connectivity index (χ2n) is 38.4. The zero-order valence-corrected chi connectivity index (χ0v) is 77.0. The van der Waals surface area contributed by atoms with Crippen molar-refractivity contribution in [2.45, 2.75) is 194 Å². The van der Waals surface area contributed by atoms with Gasteiger partial charge in [-0.15, -0.1) is 0 Å². The number of halogens is 1. The molecule has 12 aromatic carbocycles. The lowest BCUT2D eigenvalue weighted by Gasteiger charge is -2.42. The predicted octanol–water partition coefficient (Wildman–Crippen LogP) is 22.3. The number of hydrogen-bond acceptors (Lipinski definition) is 16. The number of phenolic OH excluding ortho intramolecular Hbond substituents is 10. The molecule has 0 aromatic heterocycles.